The largest absolute Gasteiger partial charge is 0.401 e. The van der Waals surface area contributed by atoms with E-state index in [0.29, 0.717) is 43.1 Å². The van der Waals surface area contributed by atoms with E-state index < -0.39 is 24.4 Å². The van der Waals surface area contributed by atoms with Gasteiger partial charge in [0.25, 0.3) is 0 Å². The van der Waals surface area contributed by atoms with Crippen LogP contribution in [-0.2, 0) is 0 Å². The number of nitrogens with one attached hydrogen (secondary N) is 1. The zero-order valence-electron chi connectivity index (χ0n) is 23.3. The van der Waals surface area contributed by atoms with Crippen molar-refractivity contribution in [1.29, 1.82) is 0 Å². The molecule has 0 saturated carbocycles. The maximum Gasteiger partial charge on any atom is 0.401 e. The molecule has 5 rings (SSSR count). The van der Waals surface area contributed by atoms with E-state index in [-0.39, 0.29) is 40.6 Å². The number of piperidine rings is 1. The van der Waals surface area contributed by atoms with Crippen molar-refractivity contribution in [3.8, 4) is 11.3 Å². The van der Waals surface area contributed by atoms with Crippen LogP contribution in [0.15, 0.2) is 36.7 Å². The number of hydrogen-bond donors (Lipinski definition) is 1. The minimum atomic E-state index is -4.18. The Kier molecular flexibility index (Phi) is 7.95. The number of anilines is 2. The number of halogens is 5. The highest BCUT2D eigenvalue weighted by Gasteiger charge is 2.33. The van der Waals surface area contributed by atoms with E-state index >= 15 is 0 Å². The third-order valence-electron chi connectivity index (χ3n) is 7.75. The van der Waals surface area contributed by atoms with Crippen LogP contribution in [0.25, 0.3) is 22.3 Å². The number of fused-ring (bicyclic) bond motifs is 1. The van der Waals surface area contributed by atoms with Gasteiger partial charge in [0.2, 0.25) is 5.95 Å². The lowest BCUT2D eigenvalue weighted by atomic mass is 9.82. The first-order chi connectivity index (χ1) is 19.4. The summed E-state index contributed by atoms with van der Waals surface area (Å²) in [6.45, 7) is 7.76. The molecular formula is C29H32F5N7. The lowest BCUT2D eigenvalue weighted by molar-refractivity contribution is -0.148. The molecule has 0 radical (unpaired) electrons. The lowest BCUT2D eigenvalue weighted by Gasteiger charge is -2.35. The molecule has 0 aliphatic carbocycles. The molecule has 3 aromatic heterocycles. The van der Waals surface area contributed by atoms with Crippen LogP contribution in [0, 0.1) is 24.5 Å². The molecule has 1 unspecified atom stereocenters. The Morgan fingerprint density at radius 2 is 1.71 bits per heavy atom. The van der Waals surface area contributed by atoms with Gasteiger partial charge in [0, 0.05) is 17.8 Å². The Balaban J connectivity index is 1.31. The van der Waals surface area contributed by atoms with E-state index in [1.807, 2.05) is 24.5 Å². The molecule has 0 spiro atoms. The zero-order chi connectivity index (χ0) is 29.5. The number of pyridine rings is 1. The van der Waals surface area contributed by atoms with Gasteiger partial charge in [0.15, 0.2) is 11.6 Å². The summed E-state index contributed by atoms with van der Waals surface area (Å²) in [5.74, 6) is 0.328. The molecule has 4 heterocycles. The van der Waals surface area contributed by atoms with Crippen LogP contribution in [-0.4, -0.2) is 55.2 Å². The Morgan fingerprint density at radius 1 is 0.976 bits per heavy atom. The van der Waals surface area contributed by atoms with Crippen LogP contribution in [0.2, 0.25) is 0 Å². The fraction of sp³-hybridized carbons (Fsp3) is 0.448. The van der Waals surface area contributed by atoms with E-state index in [1.54, 1.807) is 25.3 Å². The van der Waals surface area contributed by atoms with Gasteiger partial charge in [-0.1, -0.05) is 13.0 Å². The molecule has 41 heavy (non-hydrogen) atoms. The molecule has 4 aromatic rings. The highest BCUT2D eigenvalue weighted by molar-refractivity contribution is 5.83. The maximum absolute atomic E-state index is 15.0. The van der Waals surface area contributed by atoms with Crippen LogP contribution in [0.4, 0.5) is 33.7 Å². The minimum absolute atomic E-state index is 0.0288. The van der Waals surface area contributed by atoms with Crippen molar-refractivity contribution in [3.05, 3.63) is 59.7 Å². The summed E-state index contributed by atoms with van der Waals surface area (Å²) in [4.78, 5) is 18.6. The number of imidazole rings is 1. The predicted octanol–water partition coefficient (Wildman–Crippen LogP) is 7.18. The van der Waals surface area contributed by atoms with Gasteiger partial charge < -0.3 is 9.88 Å². The Labute approximate surface area is 234 Å². The fourth-order valence-corrected chi connectivity index (χ4v) is 5.69. The molecule has 1 atom stereocenters. The van der Waals surface area contributed by atoms with Gasteiger partial charge in [-0.15, -0.1) is 0 Å². The standard InChI is InChI=1S/C29H32F5N7/c1-16(2)41-18(4)37-27-22(30)11-21(12-24(27)41)26-23(31)14-36-28(39-26)38-25-6-5-20(13-35-25)17(3)19-7-9-40(10-8-19)15-29(32,33)34/h5-6,11-14,16-17,19H,7-10,15H2,1-4H3,(H,35,36,38,39). The number of likely N-dealkylation sites (tertiary alicyclic amines) is 1. The number of benzene rings is 1. The van der Waals surface area contributed by atoms with Gasteiger partial charge >= 0.3 is 6.18 Å². The molecular weight excluding hydrogens is 541 g/mol. The molecule has 1 aliphatic heterocycles. The Bertz CT molecular complexity index is 1520. The molecule has 1 aromatic carbocycles. The average Bonchev–Trinajstić information content (AvgIpc) is 3.26. The van der Waals surface area contributed by atoms with Gasteiger partial charge in [-0.25, -0.2) is 28.7 Å². The molecule has 1 N–H and O–H groups in total. The van der Waals surface area contributed by atoms with E-state index in [4.69, 9.17) is 0 Å². The third-order valence-corrected chi connectivity index (χ3v) is 7.75. The smallest absolute Gasteiger partial charge is 0.326 e. The molecule has 1 fully saturated rings. The van der Waals surface area contributed by atoms with E-state index in [2.05, 4.69) is 32.2 Å². The Morgan fingerprint density at radius 3 is 2.34 bits per heavy atom. The summed E-state index contributed by atoms with van der Waals surface area (Å²) in [6, 6.07) is 6.59. The summed E-state index contributed by atoms with van der Waals surface area (Å²) in [7, 11) is 0. The number of rotatable bonds is 7. The van der Waals surface area contributed by atoms with Crippen molar-refractivity contribution in [2.24, 2.45) is 5.92 Å². The first-order valence-electron chi connectivity index (χ1n) is 13.6. The molecule has 1 aliphatic rings. The molecule has 218 valence electrons. The van der Waals surface area contributed by atoms with Gasteiger partial charge in [-0.2, -0.15) is 13.2 Å². The summed E-state index contributed by atoms with van der Waals surface area (Å²) in [5.41, 5.74) is 1.96. The van der Waals surface area contributed by atoms with Crippen LogP contribution >= 0.6 is 0 Å². The van der Waals surface area contributed by atoms with E-state index in [1.165, 1.54) is 11.0 Å². The van der Waals surface area contributed by atoms with Gasteiger partial charge in [0.1, 0.15) is 22.9 Å². The number of aryl methyl sites for hydroxylation is 1. The van der Waals surface area contributed by atoms with E-state index in [0.717, 1.165) is 11.8 Å². The highest BCUT2D eigenvalue weighted by Crippen LogP contribution is 2.34. The second kappa shape index (κ2) is 11.3. The minimum Gasteiger partial charge on any atom is -0.326 e. The van der Waals surface area contributed by atoms with Crippen molar-refractivity contribution in [2.45, 2.75) is 58.7 Å². The SMILES string of the molecule is Cc1nc2c(F)cc(-c3nc(Nc4ccc(C(C)C5CCN(CC(F)(F)F)CC5)cn4)ncc3F)cc2n1C(C)C. The topological polar surface area (TPSA) is 71.8 Å². The lowest BCUT2D eigenvalue weighted by Crippen LogP contribution is -2.40. The number of aromatic nitrogens is 5. The van der Waals surface area contributed by atoms with Crippen molar-refractivity contribution in [1.82, 2.24) is 29.4 Å². The second-order valence-electron chi connectivity index (χ2n) is 11.0. The molecule has 0 bridgehead atoms. The van der Waals surface area contributed by atoms with Crippen LogP contribution in [0.5, 0.6) is 0 Å². The van der Waals surface area contributed by atoms with Gasteiger partial charge in [0.05, 0.1) is 18.3 Å². The maximum atomic E-state index is 15.0. The molecule has 1 saturated heterocycles. The summed E-state index contributed by atoms with van der Waals surface area (Å²) >= 11 is 0. The number of nitrogens with zero attached hydrogens (tertiary/aromatic N) is 6. The molecule has 7 nitrogen and oxygen atoms in total. The quantitative estimate of drug-likeness (QED) is 0.236. The average molecular weight is 574 g/mol. The van der Waals surface area contributed by atoms with Crippen molar-refractivity contribution in [3.63, 3.8) is 0 Å². The van der Waals surface area contributed by atoms with Crippen molar-refractivity contribution in [2.75, 3.05) is 25.0 Å². The zero-order valence-corrected chi connectivity index (χ0v) is 23.3. The summed E-state index contributed by atoms with van der Waals surface area (Å²) in [6.07, 6.45) is -0.0567. The Hall–Kier alpha value is -3.67. The number of hydrogen-bond acceptors (Lipinski definition) is 6. The predicted molar refractivity (Wildman–Crippen MR) is 147 cm³/mol. The number of alkyl halides is 3. The first-order valence-corrected chi connectivity index (χ1v) is 13.6. The van der Waals surface area contributed by atoms with Gasteiger partial charge in [-0.3, -0.25) is 4.90 Å². The first kappa shape index (κ1) is 28.8. The second-order valence-corrected chi connectivity index (χ2v) is 11.0. The van der Waals surface area contributed by atoms with Crippen molar-refractivity contribution < 1.29 is 22.0 Å². The monoisotopic (exact) mass is 573 g/mol. The molecule has 0 amide bonds. The fourth-order valence-electron chi connectivity index (χ4n) is 5.69. The van der Waals surface area contributed by atoms with E-state index in [9.17, 15) is 22.0 Å². The van der Waals surface area contributed by atoms with Gasteiger partial charge in [-0.05, 0) is 82.3 Å². The third kappa shape index (κ3) is 6.32. The van der Waals surface area contributed by atoms with Crippen LogP contribution < -0.4 is 5.32 Å². The van der Waals surface area contributed by atoms with Crippen LogP contribution in [0.3, 0.4) is 0 Å². The van der Waals surface area contributed by atoms with Crippen molar-refractivity contribution >= 4 is 22.8 Å². The summed E-state index contributed by atoms with van der Waals surface area (Å²) in [5, 5.41) is 2.98. The highest BCUT2D eigenvalue weighted by atomic mass is 19.4. The molecule has 12 heteroatoms. The normalized spacial score (nSPS) is 16.0. The van der Waals surface area contributed by atoms with Crippen LogP contribution in [0.1, 0.15) is 57.0 Å². The summed E-state index contributed by atoms with van der Waals surface area (Å²) < 4.78 is 69.8.